The molecule has 0 aliphatic carbocycles. The highest BCUT2D eigenvalue weighted by Gasteiger charge is 2.13. The number of ether oxygens (including phenoxy) is 1. The molecule has 0 aromatic heterocycles. The van der Waals surface area contributed by atoms with Gasteiger partial charge < -0.3 is 10.1 Å². The highest BCUT2D eigenvalue weighted by atomic mass is 35.5. The summed E-state index contributed by atoms with van der Waals surface area (Å²) in [4.78, 5) is 0. The molecule has 0 amide bonds. The van der Waals surface area contributed by atoms with Gasteiger partial charge in [-0.1, -0.05) is 35.9 Å². The third-order valence-electron chi connectivity index (χ3n) is 3.52. The van der Waals surface area contributed by atoms with Crippen LogP contribution in [-0.2, 0) is 12.8 Å². The van der Waals surface area contributed by atoms with Crippen LogP contribution in [0.15, 0.2) is 42.5 Å². The van der Waals surface area contributed by atoms with Crippen LogP contribution in [0.25, 0.3) is 0 Å². The monoisotopic (exact) mass is 307 g/mol. The zero-order chi connectivity index (χ0) is 15.2. The zero-order valence-electron chi connectivity index (χ0n) is 12.2. The van der Waals surface area contributed by atoms with Crippen molar-refractivity contribution >= 4 is 11.6 Å². The van der Waals surface area contributed by atoms with Crippen LogP contribution in [0.5, 0.6) is 5.75 Å². The highest BCUT2D eigenvalue weighted by molar-refractivity contribution is 6.31. The molecule has 1 atom stereocenters. The summed E-state index contributed by atoms with van der Waals surface area (Å²) in [5, 5.41) is 3.47. The number of benzene rings is 2. The minimum absolute atomic E-state index is 0.177. The predicted octanol–water partition coefficient (Wildman–Crippen LogP) is 3.86. The van der Waals surface area contributed by atoms with E-state index in [0.717, 1.165) is 17.7 Å². The van der Waals surface area contributed by atoms with Crippen LogP contribution in [0.1, 0.15) is 11.1 Å². The number of hydrogen-bond acceptors (Lipinski definition) is 2. The second-order valence-electron chi connectivity index (χ2n) is 4.96. The molecule has 0 aliphatic heterocycles. The first-order valence-electron chi connectivity index (χ1n) is 6.87. The Bertz CT molecular complexity index is 603. The van der Waals surface area contributed by atoms with Gasteiger partial charge in [-0.15, -0.1) is 0 Å². The standard InChI is InChI=1S/C17H19ClFNO/c1-20-14(9-12-5-3-7-15(10-12)21-2)11-13-6-4-8-16(19)17(13)18/h3-8,10,14,20H,9,11H2,1-2H3. The van der Waals surface area contributed by atoms with E-state index in [1.165, 1.54) is 11.6 Å². The summed E-state index contributed by atoms with van der Waals surface area (Å²) in [5.74, 6) is 0.469. The molecule has 0 aliphatic rings. The van der Waals surface area contributed by atoms with Crippen molar-refractivity contribution in [2.45, 2.75) is 18.9 Å². The van der Waals surface area contributed by atoms with Crippen molar-refractivity contribution in [1.29, 1.82) is 0 Å². The number of methoxy groups -OCH3 is 1. The molecule has 2 nitrogen and oxygen atoms in total. The Kier molecular flexibility index (Phi) is 5.59. The van der Waals surface area contributed by atoms with Crippen LogP contribution in [0, 0.1) is 5.82 Å². The van der Waals surface area contributed by atoms with Crippen LogP contribution in [-0.4, -0.2) is 20.2 Å². The van der Waals surface area contributed by atoms with E-state index in [0.29, 0.717) is 6.42 Å². The number of rotatable bonds is 6. The average Bonchev–Trinajstić information content (AvgIpc) is 2.51. The van der Waals surface area contributed by atoms with E-state index in [1.54, 1.807) is 13.2 Å². The summed E-state index contributed by atoms with van der Waals surface area (Å²) in [7, 11) is 3.55. The third-order valence-corrected chi connectivity index (χ3v) is 3.95. The van der Waals surface area contributed by atoms with Crippen molar-refractivity contribution in [1.82, 2.24) is 5.32 Å². The molecule has 0 fully saturated rings. The normalized spacial score (nSPS) is 12.2. The lowest BCUT2D eigenvalue weighted by Crippen LogP contribution is -2.30. The summed E-state index contributed by atoms with van der Waals surface area (Å²) in [6, 6.07) is 13.1. The van der Waals surface area contributed by atoms with Crippen LogP contribution < -0.4 is 10.1 Å². The Morgan fingerprint density at radius 3 is 2.67 bits per heavy atom. The van der Waals surface area contributed by atoms with E-state index in [-0.39, 0.29) is 16.9 Å². The van der Waals surface area contributed by atoms with Gasteiger partial charge in [0.25, 0.3) is 0 Å². The molecule has 1 unspecified atom stereocenters. The molecule has 2 aromatic rings. The predicted molar refractivity (Wildman–Crippen MR) is 84.7 cm³/mol. The van der Waals surface area contributed by atoms with Crippen molar-refractivity contribution in [3.63, 3.8) is 0 Å². The van der Waals surface area contributed by atoms with Gasteiger partial charge in [-0.3, -0.25) is 0 Å². The van der Waals surface area contributed by atoms with Gasteiger partial charge >= 0.3 is 0 Å². The van der Waals surface area contributed by atoms with E-state index in [4.69, 9.17) is 16.3 Å². The molecule has 1 N–H and O–H groups in total. The largest absolute Gasteiger partial charge is 0.497 e. The smallest absolute Gasteiger partial charge is 0.142 e. The van der Waals surface area contributed by atoms with Gasteiger partial charge in [0.2, 0.25) is 0 Å². The summed E-state index contributed by atoms with van der Waals surface area (Å²) in [5.41, 5.74) is 1.99. The molecule has 21 heavy (non-hydrogen) atoms. The lowest BCUT2D eigenvalue weighted by molar-refractivity contribution is 0.414. The fourth-order valence-corrected chi connectivity index (χ4v) is 2.53. The summed E-state index contributed by atoms with van der Waals surface area (Å²) < 4.78 is 18.7. The van der Waals surface area contributed by atoms with Gasteiger partial charge in [-0.05, 0) is 49.2 Å². The van der Waals surface area contributed by atoms with Crippen molar-refractivity contribution in [3.8, 4) is 5.75 Å². The lowest BCUT2D eigenvalue weighted by atomic mass is 9.99. The number of likely N-dealkylation sites (N-methyl/N-ethyl adjacent to an activating group) is 1. The number of hydrogen-bond donors (Lipinski definition) is 1. The molecule has 0 radical (unpaired) electrons. The first kappa shape index (κ1) is 15.8. The molecule has 0 bridgehead atoms. The fourth-order valence-electron chi connectivity index (χ4n) is 2.33. The third kappa shape index (κ3) is 4.19. The molecule has 0 spiro atoms. The van der Waals surface area contributed by atoms with Gasteiger partial charge in [-0.25, -0.2) is 4.39 Å². The quantitative estimate of drug-likeness (QED) is 0.875. The van der Waals surface area contributed by atoms with E-state index in [1.807, 2.05) is 31.3 Å². The Morgan fingerprint density at radius 2 is 1.95 bits per heavy atom. The maximum Gasteiger partial charge on any atom is 0.142 e. The molecule has 0 saturated carbocycles. The van der Waals surface area contributed by atoms with Crippen molar-refractivity contribution in [2.24, 2.45) is 0 Å². The highest BCUT2D eigenvalue weighted by Crippen LogP contribution is 2.22. The van der Waals surface area contributed by atoms with Crippen molar-refractivity contribution in [2.75, 3.05) is 14.2 Å². The maximum atomic E-state index is 13.5. The second kappa shape index (κ2) is 7.43. The Hall–Kier alpha value is -1.58. The minimum atomic E-state index is -0.370. The first-order chi connectivity index (χ1) is 10.1. The molecule has 4 heteroatoms. The lowest BCUT2D eigenvalue weighted by Gasteiger charge is -2.17. The molecule has 0 heterocycles. The molecular weight excluding hydrogens is 289 g/mol. The van der Waals surface area contributed by atoms with Gasteiger partial charge in [0.05, 0.1) is 12.1 Å². The van der Waals surface area contributed by atoms with Gasteiger partial charge in [0.1, 0.15) is 11.6 Å². The zero-order valence-corrected chi connectivity index (χ0v) is 13.0. The fraction of sp³-hybridized carbons (Fsp3) is 0.294. The number of halogens is 2. The summed E-state index contributed by atoms with van der Waals surface area (Å²) in [6.45, 7) is 0. The Balaban J connectivity index is 2.11. The molecule has 112 valence electrons. The van der Waals surface area contributed by atoms with E-state index in [9.17, 15) is 4.39 Å². The Labute approximate surface area is 129 Å². The topological polar surface area (TPSA) is 21.3 Å². The summed E-state index contributed by atoms with van der Waals surface area (Å²) >= 11 is 6.02. The average molecular weight is 308 g/mol. The minimum Gasteiger partial charge on any atom is -0.497 e. The van der Waals surface area contributed by atoms with E-state index >= 15 is 0 Å². The number of nitrogens with one attached hydrogen (secondary N) is 1. The molecule has 2 aromatic carbocycles. The van der Waals surface area contributed by atoms with Gasteiger partial charge in [0.15, 0.2) is 0 Å². The van der Waals surface area contributed by atoms with Gasteiger partial charge in [0, 0.05) is 6.04 Å². The van der Waals surface area contributed by atoms with Crippen LogP contribution in [0.4, 0.5) is 4.39 Å². The van der Waals surface area contributed by atoms with Gasteiger partial charge in [-0.2, -0.15) is 0 Å². The van der Waals surface area contributed by atoms with Crippen molar-refractivity contribution < 1.29 is 9.13 Å². The van der Waals surface area contributed by atoms with Crippen LogP contribution in [0.3, 0.4) is 0 Å². The Morgan fingerprint density at radius 1 is 1.19 bits per heavy atom. The molecule has 0 saturated heterocycles. The van der Waals surface area contributed by atoms with E-state index < -0.39 is 0 Å². The SMILES string of the molecule is CNC(Cc1cccc(OC)c1)Cc1cccc(F)c1Cl. The van der Waals surface area contributed by atoms with Crippen molar-refractivity contribution in [3.05, 3.63) is 64.4 Å². The maximum absolute atomic E-state index is 13.5. The summed E-state index contributed by atoms with van der Waals surface area (Å²) in [6.07, 6.45) is 1.49. The van der Waals surface area contributed by atoms with E-state index in [2.05, 4.69) is 11.4 Å². The second-order valence-corrected chi connectivity index (χ2v) is 5.34. The first-order valence-corrected chi connectivity index (χ1v) is 7.25. The van der Waals surface area contributed by atoms with Crippen LogP contribution in [0.2, 0.25) is 5.02 Å². The van der Waals surface area contributed by atoms with Crippen LogP contribution >= 0.6 is 11.6 Å². The molecule has 2 rings (SSSR count). The molecular formula is C17H19ClFNO.